The van der Waals surface area contributed by atoms with Gasteiger partial charge in [0, 0.05) is 35.1 Å². The van der Waals surface area contributed by atoms with Gasteiger partial charge in [-0.3, -0.25) is 4.79 Å². The molecule has 150 valence electrons. The molecule has 2 aliphatic heterocycles. The van der Waals surface area contributed by atoms with Gasteiger partial charge < -0.3 is 15.0 Å². The van der Waals surface area contributed by atoms with E-state index >= 15 is 0 Å². The van der Waals surface area contributed by atoms with E-state index in [1.54, 1.807) is 11.3 Å². The first-order chi connectivity index (χ1) is 13.7. The Labute approximate surface area is 171 Å². The van der Waals surface area contributed by atoms with E-state index in [4.69, 9.17) is 4.74 Å². The van der Waals surface area contributed by atoms with E-state index in [9.17, 15) is 4.79 Å². The summed E-state index contributed by atoms with van der Waals surface area (Å²) in [6.45, 7) is 7.96. The molecule has 4 rings (SSSR count). The van der Waals surface area contributed by atoms with E-state index in [0.29, 0.717) is 6.61 Å². The van der Waals surface area contributed by atoms with Gasteiger partial charge in [0.1, 0.15) is 12.4 Å². The number of carbonyl (C=O) groups excluding carboxylic acids is 1. The standard InChI is InChI=1S/C23H30N2O2S/c1-3-18-9-4-5-12-25(18)13-7-11-24-23(26)20-14-17-15-27-19-10-6-8-16(2)21(19)22(17)28-20/h6,8,10,14,18H,3-5,7,9,11-13,15H2,1-2H3,(H,24,26)/t18-/m0/s1. The second-order valence-corrected chi connectivity index (χ2v) is 8.96. The van der Waals surface area contributed by atoms with Gasteiger partial charge in [0.25, 0.3) is 5.91 Å². The van der Waals surface area contributed by atoms with Gasteiger partial charge in [-0.05, 0) is 56.8 Å². The number of carbonyl (C=O) groups is 1. The summed E-state index contributed by atoms with van der Waals surface area (Å²) in [7, 11) is 0. The maximum Gasteiger partial charge on any atom is 0.261 e. The zero-order valence-corrected chi connectivity index (χ0v) is 17.7. The third-order valence-electron chi connectivity index (χ3n) is 6.01. The Morgan fingerprint density at radius 2 is 2.25 bits per heavy atom. The highest BCUT2D eigenvalue weighted by Gasteiger charge is 2.24. The molecule has 1 aromatic carbocycles. The number of fused-ring (bicyclic) bond motifs is 3. The van der Waals surface area contributed by atoms with Crippen LogP contribution in [0.4, 0.5) is 0 Å². The summed E-state index contributed by atoms with van der Waals surface area (Å²) >= 11 is 1.59. The average Bonchev–Trinajstić information content (AvgIpc) is 3.16. The number of likely N-dealkylation sites (tertiary alicyclic amines) is 1. The highest BCUT2D eigenvalue weighted by atomic mass is 32.1. The van der Waals surface area contributed by atoms with Gasteiger partial charge in [-0.15, -0.1) is 11.3 Å². The molecule has 0 radical (unpaired) electrons. The highest BCUT2D eigenvalue weighted by Crippen LogP contribution is 2.44. The molecule has 2 aromatic rings. The van der Waals surface area contributed by atoms with Crippen molar-refractivity contribution in [2.24, 2.45) is 0 Å². The maximum atomic E-state index is 12.7. The van der Waals surface area contributed by atoms with E-state index in [2.05, 4.69) is 30.1 Å². The third kappa shape index (κ3) is 3.96. The lowest BCUT2D eigenvalue weighted by Crippen LogP contribution is -2.40. The van der Waals surface area contributed by atoms with Crippen molar-refractivity contribution in [3.8, 4) is 16.2 Å². The number of piperidine rings is 1. The van der Waals surface area contributed by atoms with Crippen molar-refractivity contribution in [3.05, 3.63) is 40.3 Å². The Morgan fingerprint density at radius 1 is 1.36 bits per heavy atom. The third-order valence-corrected chi connectivity index (χ3v) is 7.20. The molecule has 0 saturated carbocycles. The molecule has 0 unspecified atom stereocenters. The van der Waals surface area contributed by atoms with Crippen LogP contribution in [-0.2, 0) is 6.61 Å². The Balaban J connectivity index is 1.35. The molecule has 1 saturated heterocycles. The van der Waals surface area contributed by atoms with Gasteiger partial charge in [-0.2, -0.15) is 0 Å². The van der Waals surface area contributed by atoms with Crippen LogP contribution in [0.2, 0.25) is 0 Å². The number of benzene rings is 1. The normalized spacial score (nSPS) is 18.9. The Hall–Kier alpha value is -1.85. The van der Waals surface area contributed by atoms with Crippen LogP contribution in [0.3, 0.4) is 0 Å². The van der Waals surface area contributed by atoms with Crippen LogP contribution in [-0.4, -0.2) is 36.5 Å². The number of thiophene rings is 1. The molecule has 1 amide bonds. The van der Waals surface area contributed by atoms with Crippen LogP contribution in [0.5, 0.6) is 5.75 Å². The number of hydrogen-bond acceptors (Lipinski definition) is 4. The predicted octanol–water partition coefficient (Wildman–Crippen LogP) is 5.00. The predicted molar refractivity (Wildman–Crippen MR) is 115 cm³/mol. The van der Waals surface area contributed by atoms with Gasteiger partial charge in [0.2, 0.25) is 0 Å². The lowest BCUT2D eigenvalue weighted by atomic mass is 10.00. The largest absolute Gasteiger partial charge is 0.488 e. The fourth-order valence-electron chi connectivity index (χ4n) is 4.45. The number of hydrogen-bond donors (Lipinski definition) is 1. The lowest BCUT2D eigenvalue weighted by Gasteiger charge is -2.35. The number of nitrogens with one attached hydrogen (secondary N) is 1. The zero-order chi connectivity index (χ0) is 19.5. The molecule has 1 aromatic heterocycles. The van der Waals surface area contributed by atoms with Gasteiger partial charge in [0.15, 0.2) is 0 Å². The smallest absolute Gasteiger partial charge is 0.261 e. The second-order valence-electron chi connectivity index (χ2n) is 7.91. The van der Waals surface area contributed by atoms with E-state index in [-0.39, 0.29) is 5.91 Å². The van der Waals surface area contributed by atoms with Crippen molar-refractivity contribution >= 4 is 17.2 Å². The van der Waals surface area contributed by atoms with Crippen LogP contribution in [0.15, 0.2) is 24.3 Å². The average molecular weight is 399 g/mol. The molecular formula is C23H30N2O2S. The molecule has 3 heterocycles. The quantitative estimate of drug-likeness (QED) is 0.696. The summed E-state index contributed by atoms with van der Waals surface area (Å²) < 4.78 is 5.88. The molecule has 1 atom stereocenters. The Bertz CT molecular complexity index is 845. The SMILES string of the molecule is CC[C@H]1CCCCN1CCCNC(=O)c1cc2c(s1)-c1c(C)cccc1OC2. The van der Waals surface area contributed by atoms with Gasteiger partial charge in [0.05, 0.1) is 4.88 Å². The van der Waals surface area contributed by atoms with Crippen LogP contribution in [0.25, 0.3) is 10.4 Å². The summed E-state index contributed by atoms with van der Waals surface area (Å²) in [5, 5.41) is 3.12. The Kier molecular flexibility index (Phi) is 6.02. The summed E-state index contributed by atoms with van der Waals surface area (Å²) in [6, 6.07) is 8.86. The minimum absolute atomic E-state index is 0.0419. The van der Waals surface area contributed by atoms with Crippen molar-refractivity contribution in [1.82, 2.24) is 10.2 Å². The molecule has 0 bridgehead atoms. The van der Waals surface area contributed by atoms with Crippen LogP contribution in [0, 0.1) is 6.92 Å². The van der Waals surface area contributed by atoms with Crippen molar-refractivity contribution in [1.29, 1.82) is 0 Å². The molecule has 1 fully saturated rings. The maximum absolute atomic E-state index is 12.7. The van der Waals surface area contributed by atoms with Crippen molar-refractivity contribution in [3.63, 3.8) is 0 Å². The van der Waals surface area contributed by atoms with Crippen molar-refractivity contribution < 1.29 is 9.53 Å². The van der Waals surface area contributed by atoms with Gasteiger partial charge >= 0.3 is 0 Å². The van der Waals surface area contributed by atoms with E-state index in [1.165, 1.54) is 42.7 Å². The molecule has 0 spiro atoms. The fraction of sp³-hybridized carbons (Fsp3) is 0.522. The first-order valence-electron chi connectivity index (χ1n) is 10.5. The summed E-state index contributed by atoms with van der Waals surface area (Å²) in [5.74, 6) is 0.966. The minimum Gasteiger partial charge on any atom is -0.488 e. The molecule has 0 aliphatic carbocycles. The van der Waals surface area contributed by atoms with Crippen LogP contribution in [0.1, 0.15) is 59.8 Å². The van der Waals surface area contributed by atoms with Crippen molar-refractivity contribution in [2.75, 3.05) is 19.6 Å². The van der Waals surface area contributed by atoms with E-state index in [0.717, 1.165) is 47.3 Å². The topological polar surface area (TPSA) is 41.6 Å². The van der Waals surface area contributed by atoms with Crippen LogP contribution < -0.4 is 10.1 Å². The fourth-order valence-corrected chi connectivity index (χ4v) is 5.65. The van der Waals surface area contributed by atoms with Crippen molar-refractivity contribution in [2.45, 2.75) is 58.6 Å². The number of amides is 1. The number of aryl methyl sites for hydroxylation is 1. The highest BCUT2D eigenvalue weighted by molar-refractivity contribution is 7.17. The molecular weight excluding hydrogens is 368 g/mol. The van der Waals surface area contributed by atoms with Crippen LogP contribution >= 0.6 is 11.3 Å². The van der Waals surface area contributed by atoms with Gasteiger partial charge in [-0.1, -0.05) is 25.5 Å². The minimum atomic E-state index is 0.0419. The first kappa shape index (κ1) is 19.5. The molecule has 4 nitrogen and oxygen atoms in total. The van der Waals surface area contributed by atoms with E-state index in [1.807, 2.05) is 18.2 Å². The number of nitrogens with zero attached hydrogens (tertiary/aromatic N) is 1. The molecule has 28 heavy (non-hydrogen) atoms. The second kappa shape index (κ2) is 8.66. The molecule has 1 N–H and O–H groups in total. The Morgan fingerprint density at radius 3 is 3.11 bits per heavy atom. The summed E-state index contributed by atoms with van der Waals surface area (Å²) in [4.78, 5) is 17.3. The first-order valence-corrected chi connectivity index (χ1v) is 11.4. The summed E-state index contributed by atoms with van der Waals surface area (Å²) in [6.07, 6.45) is 6.24. The number of rotatable bonds is 6. The monoisotopic (exact) mass is 398 g/mol. The number of ether oxygens (including phenoxy) is 1. The molecule has 5 heteroatoms. The van der Waals surface area contributed by atoms with Gasteiger partial charge in [-0.25, -0.2) is 0 Å². The zero-order valence-electron chi connectivity index (χ0n) is 16.9. The summed E-state index contributed by atoms with van der Waals surface area (Å²) in [5.41, 5.74) is 3.46. The van der Waals surface area contributed by atoms with E-state index < -0.39 is 0 Å². The molecule has 2 aliphatic rings. The lowest BCUT2D eigenvalue weighted by molar-refractivity contribution is 0.0951.